The molecule has 0 bridgehead atoms. The number of ether oxygens (including phenoxy) is 1. The molecule has 1 fully saturated rings. The molecule has 4 heteroatoms. The summed E-state index contributed by atoms with van der Waals surface area (Å²) in [6.07, 6.45) is 0. The standard InChI is InChI=1S/C26H28N2O2/c1-20-8-5-6-13-24(20)25(22-10-3-2-4-11-22)27-26(29)23-12-7-9-21(18-23)19-28-14-16-30-17-15-28/h2-13,18,25H,14-17,19H2,1H3,(H,27,29)/t25-/m1/s1. The first-order valence-electron chi connectivity index (χ1n) is 10.5. The zero-order valence-corrected chi connectivity index (χ0v) is 17.4. The van der Waals surface area contributed by atoms with E-state index in [1.54, 1.807) is 0 Å². The molecule has 0 aromatic heterocycles. The maximum absolute atomic E-state index is 13.2. The summed E-state index contributed by atoms with van der Waals surface area (Å²) in [6.45, 7) is 6.33. The topological polar surface area (TPSA) is 41.6 Å². The Morgan fingerprint density at radius 1 is 0.967 bits per heavy atom. The molecule has 0 unspecified atom stereocenters. The Morgan fingerprint density at radius 2 is 1.70 bits per heavy atom. The first kappa shape index (κ1) is 20.3. The highest BCUT2D eigenvalue weighted by atomic mass is 16.5. The van der Waals surface area contributed by atoms with Gasteiger partial charge in [-0.3, -0.25) is 9.69 Å². The van der Waals surface area contributed by atoms with Crippen molar-refractivity contribution in [3.8, 4) is 0 Å². The average Bonchev–Trinajstić information content (AvgIpc) is 2.79. The molecule has 1 atom stereocenters. The second-order valence-corrected chi connectivity index (χ2v) is 7.76. The molecular formula is C26H28N2O2. The minimum absolute atomic E-state index is 0.0593. The number of aryl methyl sites for hydroxylation is 1. The van der Waals surface area contributed by atoms with Crippen molar-refractivity contribution in [1.82, 2.24) is 10.2 Å². The van der Waals surface area contributed by atoms with Gasteiger partial charge in [0.25, 0.3) is 5.91 Å². The predicted molar refractivity (Wildman–Crippen MR) is 119 cm³/mol. The van der Waals surface area contributed by atoms with Crippen molar-refractivity contribution in [2.75, 3.05) is 26.3 Å². The van der Waals surface area contributed by atoms with Crippen LogP contribution >= 0.6 is 0 Å². The molecule has 0 spiro atoms. The molecule has 154 valence electrons. The van der Waals surface area contributed by atoms with E-state index < -0.39 is 0 Å². The lowest BCUT2D eigenvalue weighted by molar-refractivity contribution is 0.0342. The SMILES string of the molecule is Cc1ccccc1[C@H](NC(=O)c1cccc(CN2CCOCC2)c1)c1ccccc1. The Morgan fingerprint density at radius 3 is 2.47 bits per heavy atom. The monoisotopic (exact) mass is 400 g/mol. The molecule has 1 heterocycles. The Labute approximate surface area is 178 Å². The van der Waals surface area contributed by atoms with Crippen LogP contribution in [0.15, 0.2) is 78.9 Å². The van der Waals surface area contributed by atoms with Crippen LogP contribution in [0.25, 0.3) is 0 Å². The maximum atomic E-state index is 13.2. The number of benzene rings is 3. The van der Waals surface area contributed by atoms with E-state index in [-0.39, 0.29) is 11.9 Å². The van der Waals surface area contributed by atoms with Crippen LogP contribution in [0.5, 0.6) is 0 Å². The fraction of sp³-hybridized carbons (Fsp3) is 0.269. The van der Waals surface area contributed by atoms with Gasteiger partial charge in [-0.1, -0.05) is 66.7 Å². The van der Waals surface area contributed by atoms with Crippen molar-refractivity contribution in [2.24, 2.45) is 0 Å². The fourth-order valence-electron chi connectivity index (χ4n) is 3.94. The maximum Gasteiger partial charge on any atom is 0.252 e. The lowest BCUT2D eigenvalue weighted by atomic mass is 9.94. The molecular weight excluding hydrogens is 372 g/mol. The van der Waals surface area contributed by atoms with E-state index in [1.807, 2.05) is 48.5 Å². The third kappa shape index (κ3) is 4.96. The van der Waals surface area contributed by atoms with E-state index in [9.17, 15) is 4.79 Å². The van der Waals surface area contributed by atoms with Crippen LogP contribution in [0.3, 0.4) is 0 Å². The van der Waals surface area contributed by atoms with Gasteiger partial charge in [0, 0.05) is 25.2 Å². The van der Waals surface area contributed by atoms with E-state index in [1.165, 1.54) is 0 Å². The summed E-state index contributed by atoms with van der Waals surface area (Å²) < 4.78 is 5.43. The largest absolute Gasteiger partial charge is 0.379 e. The summed E-state index contributed by atoms with van der Waals surface area (Å²) >= 11 is 0. The molecule has 1 amide bonds. The summed E-state index contributed by atoms with van der Waals surface area (Å²) in [7, 11) is 0. The van der Waals surface area contributed by atoms with E-state index in [0.29, 0.717) is 5.56 Å². The average molecular weight is 401 g/mol. The zero-order valence-electron chi connectivity index (χ0n) is 17.4. The summed E-state index contributed by atoms with van der Waals surface area (Å²) in [5.74, 6) is -0.0593. The van der Waals surface area contributed by atoms with Crippen molar-refractivity contribution in [3.05, 3.63) is 107 Å². The molecule has 3 aromatic rings. The summed E-state index contributed by atoms with van der Waals surface area (Å²) in [5, 5.41) is 3.27. The fourth-order valence-corrected chi connectivity index (χ4v) is 3.94. The molecule has 4 nitrogen and oxygen atoms in total. The third-order valence-electron chi connectivity index (χ3n) is 5.61. The van der Waals surface area contributed by atoms with Crippen molar-refractivity contribution in [3.63, 3.8) is 0 Å². The van der Waals surface area contributed by atoms with Crippen LogP contribution in [-0.2, 0) is 11.3 Å². The van der Waals surface area contributed by atoms with Crippen molar-refractivity contribution < 1.29 is 9.53 Å². The highest BCUT2D eigenvalue weighted by Gasteiger charge is 2.20. The third-order valence-corrected chi connectivity index (χ3v) is 5.61. The summed E-state index contributed by atoms with van der Waals surface area (Å²) in [5.41, 5.74) is 5.19. The van der Waals surface area contributed by atoms with Gasteiger partial charge in [-0.05, 0) is 41.3 Å². The summed E-state index contributed by atoms with van der Waals surface area (Å²) in [6, 6.07) is 26.1. The molecule has 1 aliphatic rings. The number of carbonyl (C=O) groups is 1. The highest BCUT2D eigenvalue weighted by Crippen LogP contribution is 2.25. The molecule has 4 rings (SSSR count). The highest BCUT2D eigenvalue weighted by molar-refractivity contribution is 5.94. The number of rotatable bonds is 6. The molecule has 0 aliphatic carbocycles. The molecule has 0 saturated carbocycles. The number of amides is 1. The van der Waals surface area contributed by atoms with Gasteiger partial charge in [-0.25, -0.2) is 0 Å². The quantitative estimate of drug-likeness (QED) is 0.669. The van der Waals surface area contributed by atoms with Crippen LogP contribution < -0.4 is 5.32 Å². The summed E-state index contributed by atoms with van der Waals surface area (Å²) in [4.78, 5) is 15.6. The van der Waals surface area contributed by atoms with Crippen molar-refractivity contribution in [2.45, 2.75) is 19.5 Å². The van der Waals surface area contributed by atoms with Gasteiger partial charge in [0.2, 0.25) is 0 Å². The minimum Gasteiger partial charge on any atom is -0.379 e. The van der Waals surface area contributed by atoms with Gasteiger partial charge in [-0.15, -0.1) is 0 Å². The number of hydrogen-bond donors (Lipinski definition) is 1. The van der Waals surface area contributed by atoms with Crippen molar-refractivity contribution >= 4 is 5.91 Å². The minimum atomic E-state index is -0.192. The first-order chi connectivity index (χ1) is 14.7. The van der Waals surface area contributed by atoms with E-state index in [0.717, 1.165) is 55.1 Å². The van der Waals surface area contributed by atoms with Crippen LogP contribution in [0.4, 0.5) is 0 Å². The Kier molecular flexibility index (Phi) is 6.57. The van der Waals surface area contributed by atoms with Gasteiger partial charge >= 0.3 is 0 Å². The second kappa shape index (κ2) is 9.70. The molecule has 1 N–H and O–H groups in total. The van der Waals surface area contributed by atoms with Crippen LogP contribution in [0.2, 0.25) is 0 Å². The Hall–Kier alpha value is -2.95. The smallest absolute Gasteiger partial charge is 0.252 e. The molecule has 30 heavy (non-hydrogen) atoms. The normalized spacial score (nSPS) is 15.5. The molecule has 0 radical (unpaired) electrons. The zero-order chi connectivity index (χ0) is 20.8. The van der Waals surface area contributed by atoms with Gasteiger partial charge < -0.3 is 10.1 Å². The van der Waals surface area contributed by atoms with Crippen LogP contribution in [0, 0.1) is 6.92 Å². The van der Waals surface area contributed by atoms with E-state index in [4.69, 9.17) is 4.74 Å². The lowest BCUT2D eigenvalue weighted by Crippen LogP contribution is -2.35. The van der Waals surface area contributed by atoms with E-state index >= 15 is 0 Å². The number of morpholine rings is 1. The molecule has 3 aromatic carbocycles. The Balaban J connectivity index is 1.55. The number of nitrogens with zero attached hydrogens (tertiary/aromatic N) is 1. The van der Waals surface area contributed by atoms with E-state index in [2.05, 4.69) is 47.5 Å². The first-order valence-corrected chi connectivity index (χ1v) is 10.5. The number of nitrogens with one attached hydrogen (secondary N) is 1. The van der Waals surface area contributed by atoms with Gasteiger partial charge in [0.15, 0.2) is 0 Å². The van der Waals surface area contributed by atoms with Gasteiger partial charge in [-0.2, -0.15) is 0 Å². The second-order valence-electron chi connectivity index (χ2n) is 7.76. The molecule has 1 saturated heterocycles. The van der Waals surface area contributed by atoms with Crippen LogP contribution in [-0.4, -0.2) is 37.1 Å². The number of carbonyl (C=O) groups excluding carboxylic acids is 1. The van der Waals surface area contributed by atoms with Gasteiger partial charge in [0.1, 0.15) is 0 Å². The lowest BCUT2D eigenvalue weighted by Gasteiger charge is -2.26. The van der Waals surface area contributed by atoms with Gasteiger partial charge in [0.05, 0.1) is 19.3 Å². The molecule has 1 aliphatic heterocycles. The Bertz CT molecular complexity index is 981. The van der Waals surface area contributed by atoms with Crippen molar-refractivity contribution in [1.29, 1.82) is 0 Å². The number of hydrogen-bond acceptors (Lipinski definition) is 3. The predicted octanol–water partition coefficient (Wildman–Crippen LogP) is 4.35. The van der Waals surface area contributed by atoms with Crippen LogP contribution in [0.1, 0.15) is 38.7 Å².